The minimum atomic E-state index is -0.519. The molecular weight excluding hydrogens is 259 g/mol. The molecule has 2 N–H and O–H groups in total. The Labute approximate surface area is 109 Å². The molecule has 0 bridgehead atoms. The fourth-order valence-corrected chi connectivity index (χ4v) is 2.11. The highest BCUT2D eigenvalue weighted by Gasteiger charge is 2.22. The minimum Gasteiger partial charge on any atom is -0.392 e. The number of carbonyl (C=O) groups is 1. The number of β-amino-alcohol motifs (C(OH)–C–C–N with tert-alkyl or cyclic N) is 1. The highest BCUT2D eigenvalue weighted by atomic mass is 35.5. The fraction of sp³-hybridized carbons (Fsp3) is 0.417. The Balaban J connectivity index is 1.92. The van der Waals surface area contributed by atoms with E-state index < -0.39 is 5.82 Å². The third-order valence-corrected chi connectivity index (χ3v) is 3.05. The molecule has 1 aliphatic heterocycles. The predicted octanol–water partition coefficient (Wildman–Crippen LogP) is 1.48. The Kier molecular flexibility index (Phi) is 4.16. The van der Waals surface area contributed by atoms with E-state index in [2.05, 4.69) is 5.32 Å². The third kappa shape index (κ3) is 3.41. The summed E-state index contributed by atoms with van der Waals surface area (Å²) in [6.07, 6.45) is 0.291. The summed E-state index contributed by atoms with van der Waals surface area (Å²) in [5, 5.41) is 12.2. The Bertz CT molecular complexity index is 456. The second-order valence-electron chi connectivity index (χ2n) is 4.35. The molecule has 1 atom stereocenters. The van der Waals surface area contributed by atoms with Gasteiger partial charge in [0, 0.05) is 18.1 Å². The summed E-state index contributed by atoms with van der Waals surface area (Å²) in [5.74, 6) is -0.834. The van der Waals surface area contributed by atoms with E-state index in [9.17, 15) is 14.3 Å². The number of halogens is 2. The summed E-state index contributed by atoms with van der Waals surface area (Å²) in [4.78, 5) is 13.5. The van der Waals surface area contributed by atoms with E-state index in [1.54, 1.807) is 0 Å². The lowest BCUT2D eigenvalue weighted by Crippen LogP contribution is -2.32. The molecule has 1 aromatic rings. The van der Waals surface area contributed by atoms with Crippen LogP contribution in [0, 0.1) is 5.82 Å². The number of benzene rings is 1. The molecule has 1 saturated heterocycles. The standard InChI is InChI=1S/C12H14ClFN2O2/c13-8-1-2-10(14)11(5-8)15-12(18)7-16-4-3-9(17)6-16/h1-2,5,9,17H,3-4,6-7H2,(H,15,18)/t9-/m0/s1. The number of hydrogen-bond donors (Lipinski definition) is 2. The molecule has 0 unspecified atom stereocenters. The molecule has 2 rings (SSSR count). The predicted molar refractivity (Wildman–Crippen MR) is 67.1 cm³/mol. The van der Waals surface area contributed by atoms with Crippen molar-refractivity contribution in [2.45, 2.75) is 12.5 Å². The zero-order valence-corrected chi connectivity index (χ0v) is 10.5. The fourth-order valence-electron chi connectivity index (χ4n) is 1.94. The smallest absolute Gasteiger partial charge is 0.238 e. The van der Waals surface area contributed by atoms with Crippen molar-refractivity contribution in [1.29, 1.82) is 0 Å². The van der Waals surface area contributed by atoms with Gasteiger partial charge in [-0.3, -0.25) is 9.69 Å². The molecular formula is C12H14ClFN2O2. The van der Waals surface area contributed by atoms with E-state index in [4.69, 9.17) is 11.6 Å². The van der Waals surface area contributed by atoms with Crippen molar-refractivity contribution in [3.8, 4) is 0 Å². The van der Waals surface area contributed by atoms with Gasteiger partial charge in [-0.15, -0.1) is 0 Å². The number of nitrogens with zero attached hydrogens (tertiary/aromatic N) is 1. The highest BCUT2D eigenvalue weighted by molar-refractivity contribution is 6.30. The zero-order chi connectivity index (χ0) is 13.1. The van der Waals surface area contributed by atoms with Crippen molar-refractivity contribution < 1.29 is 14.3 Å². The van der Waals surface area contributed by atoms with Crippen LogP contribution in [0.1, 0.15) is 6.42 Å². The van der Waals surface area contributed by atoms with E-state index in [0.717, 1.165) is 0 Å². The van der Waals surface area contributed by atoms with Crippen LogP contribution in [0.3, 0.4) is 0 Å². The van der Waals surface area contributed by atoms with Crippen LogP contribution in [0.2, 0.25) is 5.02 Å². The van der Waals surface area contributed by atoms with Crippen LogP contribution in [0.5, 0.6) is 0 Å². The number of hydrogen-bond acceptors (Lipinski definition) is 3. The number of anilines is 1. The van der Waals surface area contributed by atoms with Gasteiger partial charge in [-0.2, -0.15) is 0 Å². The van der Waals surface area contributed by atoms with Crippen LogP contribution in [0.15, 0.2) is 18.2 Å². The van der Waals surface area contributed by atoms with Crippen molar-refractivity contribution >= 4 is 23.2 Å². The Hall–Kier alpha value is -1.17. The van der Waals surface area contributed by atoms with E-state index in [1.807, 2.05) is 4.90 Å². The number of rotatable bonds is 3. The van der Waals surface area contributed by atoms with Gasteiger partial charge < -0.3 is 10.4 Å². The van der Waals surface area contributed by atoms with Crippen LogP contribution >= 0.6 is 11.6 Å². The number of likely N-dealkylation sites (tertiary alicyclic amines) is 1. The van der Waals surface area contributed by atoms with Gasteiger partial charge in [0.15, 0.2) is 0 Å². The second kappa shape index (κ2) is 5.65. The summed E-state index contributed by atoms with van der Waals surface area (Å²) in [6, 6.07) is 3.99. The molecule has 1 aromatic carbocycles. The first kappa shape index (κ1) is 13.3. The lowest BCUT2D eigenvalue weighted by atomic mass is 10.3. The van der Waals surface area contributed by atoms with Crippen LogP contribution in [0.4, 0.5) is 10.1 Å². The van der Waals surface area contributed by atoms with Crippen molar-refractivity contribution in [3.63, 3.8) is 0 Å². The first-order chi connectivity index (χ1) is 8.54. The lowest BCUT2D eigenvalue weighted by molar-refractivity contribution is -0.117. The molecule has 1 fully saturated rings. The van der Waals surface area contributed by atoms with Gasteiger partial charge in [-0.05, 0) is 24.6 Å². The minimum absolute atomic E-state index is 0.0762. The first-order valence-electron chi connectivity index (χ1n) is 5.70. The van der Waals surface area contributed by atoms with Crippen LogP contribution in [-0.2, 0) is 4.79 Å². The van der Waals surface area contributed by atoms with Crippen molar-refractivity contribution in [2.75, 3.05) is 25.0 Å². The van der Waals surface area contributed by atoms with Crippen molar-refractivity contribution in [2.24, 2.45) is 0 Å². The van der Waals surface area contributed by atoms with Crippen LogP contribution in [0.25, 0.3) is 0 Å². The van der Waals surface area contributed by atoms with Gasteiger partial charge in [0.1, 0.15) is 5.82 Å². The third-order valence-electron chi connectivity index (χ3n) is 2.82. The van der Waals surface area contributed by atoms with Crippen LogP contribution < -0.4 is 5.32 Å². The summed E-state index contributed by atoms with van der Waals surface area (Å²) < 4.78 is 13.4. The number of aliphatic hydroxyl groups excluding tert-OH is 1. The average molecular weight is 273 g/mol. The number of aliphatic hydroxyl groups is 1. The van der Waals surface area contributed by atoms with Crippen molar-refractivity contribution in [3.05, 3.63) is 29.0 Å². The first-order valence-corrected chi connectivity index (χ1v) is 6.08. The van der Waals surface area contributed by atoms with E-state index >= 15 is 0 Å². The maximum Gasteiger partial charge on any atom is 0.238 e. The van der Waals surface area contributed by atoms with Gasteiger partial charge in [0.2, 0.25) is 5.91 Å². The topological polar surface area (TPSA) is 52.6 Å². The molecule has 18 heavy (non-hydrogen) atoms. The van der Waals surface area contributed by atoms with Crippen molar-refractivity contribution in [1.82, 2.24) is 4.90 Å². The summed E-state index contributed by atoms with van der Waals surface area (Å²) in [5.41, 5.74) is 0.0762. The van der Waals surface area contributed by atoms with Crippen LogP contribution in [-0.4, -0.2) is 41.7 Å². The Morgan fingerprint density at radius 3 is 3.06 bits per heavy atom. The monoisotopic (exact) mass is 272 g/mol. The maximum absolute atomic E-state index is 13.4. The summed E-state index contributed by atoms with van der Waals surface area (Å²) in [6.45, 7) is 1.29. The SMILES string of the molecule is O=C(CN1CC[C@H](O)C1)Nc1cc(Cl)ccc1F. The number of carbonyl (C=O) groups excluding carboxylic acids is 1. The van der Waals surface area contributed by atoms with Gasteiger partial charge in [0.05, 0.1) is 18.3 Å². The normalized spacial score (nSPS) is 20.1. The Morgan fingerprint density at radius 2 is 2.39 bits per heavy atom. The molecule has 1 heterocycles. The molecule has 0 saturated carbocycles. The van der Waals surface area contributed by atoms with E-state index in [-0.39, 0.29) is 24.2 Å². The summed E-state index contributed by atoms with van der Waals surface area (Å²) >= 11 is 5.73. The van der Waals surface area contributed by atoms with Gasteiger partial charge in [-0.25, -0.2) is 4.39 Å². The average Bonchev–Trinajstić information content (AvgIpc) is 2.69. The van der Waals surface area contributed by atoms with Gasteiger partial charge in [0.25, 0.3) is 0 Å². The molecule has 0 aliphatic carbocycles. The molecule has 0 radical (unpaired) electrons. The number of amides is 1. The number of nitrogens with one attached hydrogen (secondary N) is 1. The van der Waals surface area contributed by atoms with E-state index in [1.165, 1.54) is 18.2 Å². The largest absolute Gasteiger partial charge is 0.392 e. The Morgan fingerprint density at radius 1 is 1.61 bits per heavy atom. The molecule has 1 amide bonds. The second-order valence-corrected chi connectivity index (χ2v) is 4.79. The van der Waals surface area contributed by atoms with Gasteiger partial charge in [-0.1, -0.05) is 11.6 Å². The molecule has 1 aliphatic rings. The summed E-state index contributed by atoms with van der Waals surface area (Å²) in [7, 11) is 0. The highest BCUT2D eigenvalue weighted by Crippen LogP contribution is 2.19. The molecule has 0 spiro atoms. The molecule has 6 heteroatoms. The lowest BCUT2D eigenvalue weighted by Gasteiger charge is -2.14. The van der Waals surface area contributed by atoms with Gasteiger partial charge >= 0.3 is 0 Å². The quantitative estimate of drug-likeness (QED) is 0.876. The molecule has 0 aromatic heterocycles. The zero-order valence-electron chi connectivity index (χ0n) is 9.70. The molecule has 4 nitrogen and oxygen atoms in total. The van der Waals surface area contributed by atoms with E-state index in [0.29, 0.717) is 24.5 Å². The molecule has 98 valence electrons. The maximum atomic E-state index is 13.4.